The van der Waals surface area contributed by atoms with Crippen LogP contribution in [-0.4, -0.2) is 7.28 Å². The van der Waals surface area contributed by atoms with E-state index >= 15 is 0 Å². The van der Waals surface area contributed by atoms with Gasteiger partial charge in [0.2, 0.25) is 7.28 Å². The average Bonchev–Trinajstić information content (AvgIpc) is 3.91. The molecule has 0 amide bonds. The second-order valence-corrected chi connectivity index (χ2v) is 27.7. The third kappa shape index (κ3) is 6.74. The molecule has 7 aromatic carbocycles. The Kier molecular flexibility index (Phi) is 9.69. The van der Waals surface area contributed by atoms with E-state index in [0.717, 1.165) is 43.4 Å². The van der Waals surface area contributed by atoms with Crippen molar-refractivity contribution in [1.82, 2.24) is 0 Å². The monoisotopic (exact) mass is 963 g/mol. The van der Waals surface area contributed by atoms with E-state index in [-0.39, 0.29) is 32.5 Å². The number of para-hydroxylation sites is 1. The van der Waals surface area contributed by atoms with Gasteiger partial charge in [-0.3, -0.25) is 0 Å². The summed E-state index contributed by atoms with van der Waals surface area (Å²) in [6.45, 7) is 31.9. The van der Waals surface area contributed by atoms with E-state index in [2.05, 4.69) is 209 Å². The van der Waals surface area contributed by atoms with E-state index in [9.17, 15) is 0 Å². The van der Waals surface area contributed by atoms with Crippen LogP contribution in [0.3, 0.4) is 0 Å². The van der Waals surface area contributed by atoms with Gasteiger partial charge >= 0.3 is 0 Å². The van der Waals surface area contributed by atoms with Crippen molar-refractivity contribution in [2.75, 3.05) is 10.2 Å². The van der Waals surface area contributed by atoms with Gasteiger partial charge in [-0.15, -0.1) is 11.3 Å². The number of fused-ring (bicyclic) bond motifs is 12. The number of hydrogen-bond donors (Lipinski definition) is 1. The number of furan rings is 1. The molecule has 9 aromatic rings. The Bertz CT molecular complexity index is 3800. The predicted octanol–water partition coefficient (Wildman–Crippen LogP) is 17.9. The summed E-state index contributed by atoms with van der Waals surface area (Å²) in [5.41, 5.74) is 23.8. The topological polar surface area (TPSA) is 28.4 Å². The van der Waals surface area contributed by atoms with Gasteiger partial charge in [0.25, 0.3) is 0 Å². The van der Waals surface area contributed by atoms with Crippen LogP contribution in [0.1, 0.15) is 161 Å². The largest absolute Gasteiger partial charge is 0.457 e. The molecule has 0 bridgehead atoms. The van der Waals surface area contributed by atoms with Gasteiger partial charge in [-0.05, 0) is 194 Å². The minimum Gasteiger partial charge on any atom is -0.457 e. The maximum Gasteiger partial charge on any atom is 0.203 e. The lowest BCUT2D eigenvalue weighted by Crippen LogP contribution is -2.42. The summed E-state index contributed by atoms with van der Waals surface area (Å²) < 4.78 is 9.73. The number of nitrogens with one attached hydrogen (secondary N) is 1. The Morgan fingerprint density at radius 1 is 0.486 bits per heavy atom. The minimum absolute atomic E-state index is 0.00410. The summed E-state index contributed by atoms with van der Waals surface area (Å²) in [5, 5.41) is 9.28. The van der Waals surface area contributed by atoms with Crippen molar-refractivity contribution >= 4 is 100 Å². The van der Waals surface area contributed by atoms with E-state index < -0.39 is 0 Å². The normalized spacial score (nSPS) is 19.6. The van der Waals surface area contributed by atoms with Crippen molar-refractivity contribution in [2.24, 2.45) is 0 Å². The summed E-state index contributed by atoms with van der Waals surface area (Å²) >= 11 is 1.94. The third-order valence-corrected chi connectivity index (χ3v) is 20.1. The van der Waals surface area contributed by atoms with Crippen LogP contribution in [0.4, 0.5) is 28.4 Å². The number of rotatable bonds is 4. The van der Waals surface area contributed by atoms with E-state index in [1.807, 2.05) is 11.3 Å². The van der Waals surface area contributed by atoms with Crippen molar-refractivity contribution in [2.45, 2.75) is 161 Å². The quantitative estimate of drug-likeness (QED) is 0.178. The van der Waals surface area contributed by atoms with Gasteiger partial charge in [0.1, 0.15) is 11.2 Å². The maximum atomic E-state index is 7.09. The molecule has 0 spiro atoms. The van der Waals surface area contributed by atoms with Crippen molar-refractivity contribution in [3.63, 3.8) is 0 Å². The molecule has 3 heterocycles. The molecule has 1 aliphatic heterocycles. The zero-order chi connectivity index (χ0) is 50.2. The first-order valence-electron chi connectivity index (χ1n) is 27.0. The van der Waals surface area contributed by atoms with Crippen LogP contribution in [0.25, 0.3) is 53.2 Å². The van der Waals surface area contributed by atoms with Crippen molar-refractivity contribution in [3.8, 4) is 11.1 Å². The highest BCUT2D eigenvalue weighted by molar-refractivity contribution is 7.26. The summed E-state index contributed by atoms with van der Waals surface area (Å²) in [7, 11) is 0.740. The highest BCUT2D eigenvalue weighted by atomic mass is 32.1. The standard InChI is InChI=1S/C67H71BN2OS/c1-38-32-45-49(67(12,13)31-28-63(45,4)5)36-52(38)70-51-25-23-41-40-18-14-16-20-54(40)71-61(41)60(51)68-59-53(70)37-56-57(42-19-15-17-21-55(42)72-56)58(59)43-34-47-48(66(10,11)30-29-65(47,8)9)35-50(43)69-39-22-24-44-46(33-39)64(6,7)27-26-62(44,2)3/h14-25,32-37,68-69H,26-31H2,1-13H3. The number of aryl methyl sites for hydroxylation is 1. The smallest absolute Gasteiger partial charge is 0.203 e. The van der Waals surface area contributed by atoms with Gasteiger partial charge in [0.15, 0.2) is 0 Å². The van der Waals surface area contributed by atoms with Crippen LogP contribution < -0.4 is 21.1 Å². The van der Waals surface area contributed by atoms with Crippen LogP contribution in [0, 0.1) is 6.92 Å². The first kappa shape index (κ1) is 46.0. The van der Waals surface area contributed by atoms with E-state index in [0.29, 0.717) is 0 Å². The zero-order valence-electron chi connectivity index (χ0n) is 45.1. The lowest BCUT2D eigenvalue weighted by atomic mass is 9.57. The molecular formula is C67H71BN2OS. The Labute approximate surface area is 432 Å². The Morgan fingerprint density at radius 3 is 1.74 bits per heavy atom. The van der Waals surface area contributed by atoms with Crippen LogP contribution >= 0.6 is 11.3 Å². The van der Waals surface area contributed by atoms with Crippen LogP contribution in [0.5, 0.6) is 0 Å². The van der Waals surface area contributed by atoms with Gasteiger partial charge in [-0.25, -0.2) is 0 Å². The molecule has 364 valence electrons. The average molecular weight is 963 g/mol. The molecule has 72 heavy (non-hydrogen) atoms. The van der Waals surface area contributed by atoms with Crippen molar-refractivity contribution < 1.29 is 4.42 Å². The van der Waals surface area contributed by atoms with E-state index in [4.69, 9.17) is 4.42 Å². The molecule has 0 saturated heterocycles. The first-order chi connectivity index (χ1) is 34.0. The van der Waals surface area contributed by atoms with Gasteiger partial charge in [0.05, 0.1) is 0 Å². The zero-order valence-corrected chi connectivity index (χ0v) is 45.9. The van der Waals surface area contributed by atoms with Gasteiger partial charge in [-0.2, -0.15) is 0 Å². The summed E-state index contributed by atoms with van der Waals surface area (Å²) in [5.74, 6) is 0. The number of anilines is 5. The molecule has 3 nitrogen and oxygen atoms in total. The van der Waals surface area contributed by atoms with E-state index in [1.165, 1.54) is 134 Å². The summed E-state index contributed by atoms with van der Waals surface area (Å²) in [6, 6.07) is 42.8. The summed E-state index contributed by atoms with van der Waals surface area (Å²) in [6.07, 6.45) is 7.03. The third-order valence-electron chi connectivity index (χ3n) is 19.0. The molecule has 4 aliphatic rings. The summed E-state index contributed by atoms with van der Waals surface area (Å²) in [4.78, 5) is 2.66. The molecule has 0 fully saturated rings. The molecule has 5 heteroatoms. The van der Waals surface area contributed by atoms with Crippen LogP contribution in [-0.2, 0) is 32.5 Å². The highest BCUT2D eigenvalue weighted by Crippen LogP contribution is 2.55. The van der Waals surface area contributed by atoms with Crippen molar-refractivity contribution in [1.29, 1.82) is 0 Å². The van der Waals surface area contributed by atoms with Crippen molar-refractivity contribution in [3.05, 3.63) is 148 Å². The second-order valence-electron chi connectivity index (χ2n) is 26.6. The maximum absolute atomic E-state index is 7.09. The number of hydrogen-bond acceptors (Lipinski definition) is 4. The van der Waals surface area contributed by atoms with Crippen LogP contribution in [0.15, 0.2) is 114 Å². The fourth-order valence-electron chi connectivity index (χ4n) is 14.1. The highest BCUT2D eigenvalue weighted by Gasteiger charge is 2.43. The predicted molar refractivity (Wildman–Crippen MR) is 313 cm³/mol. The fraction of sp³-hybridized carbons (Fsp3) is 0.373. The molecule has 0 unspecified atom stereocenters. The molecule has 0 radical (unpaired) electrons. The van der Waals surface area contributed by atoms with Gasteiger partial charge in [0, 0.05) is 64.9 Å². The van der Waals surface area contributed by atoms with Gasteiger partial charge < -0.3 is 14.6 Å². The molecule has 3 aliphatic carbocycles. The molecule has 13 rings (SSSR count). The fourth-order valence-corrected chi connectivity index (χ4v) is 15.2. The Balaban J connectivity index is 1.15. The molecule has 1 N–H and O–H groups in total. The lowest BCUT2D eigenvalue weighted by Gasteiger charge is -2.44. The van der Waals surface area contributed by atoms with Crippen LogP contribution in [0.2, 0.25) is 0 Å². The molecule has 2 aromatic heterocycles. The lowest BCUT2D eigenvalue weighted by molar-refractivity contribution is 0.332. The Morgan fingerprint density at radius 2 is 1.06 bits per heavy atom. The number of benzene rings is 7. The van der Waals surface area contributed by atoms with E-state index in [1.54, 1.807) is 0 Å². The minimum atomic E-state index is 0.00410. The SMILES string of the molecule is Cc1cc2c(cc1N1c3cc4sc5ccccc5c4c(-c4cc5c(cc4Nc4ccc6c(c4)C(C)(C)CCC6(C)C)C(C)(C)CCC5(C)C)c3Bc3c1ccc1c3oc3ccccc31)C(C)(C)CCC2(C)C. The van der Waals surface area contributed by atoms with Gasteiger partial charge in [-0.1, -0.05) is 132 Å². The molecular weight excluding hydrogens is 892 g/mol. The Hall–Kier alpha value is -5.78. The second kappa shape index (κ2) is 15.2. The molecule has 0 atom stereocenters. The number of thiophene rings is 1. The number of nitrogens with zero attached hydrogens (tertiary/aromatic N) is 1. The molecule has 0 saturated carbocycles. The first-order valence-corrected chi connectivity index (χ1v) is 27.8.